The number of hydrogen-bond acceptors (Lipinski definition) is 3. The van der Waals surface area contributed by atoms with Crippen molar-refractivity contribution < 1.29 is 4.39 Å². The Morgan fingerprint density at radius 1 is 1.37 bits per heavy atom. The minimum atomic E-state index is -0.193. The van der Waals surface area contributed by atoms with Crippen LogP contribution in [0.1, 0.15) is 18.3 Å². The standard InChI is InChI=1S/C14H19FN4/c1-2-19-8-7-17-14(19)10-12(18-16)9-11-5-3-4-6-13(11)15/h3-8,12,18H,2,9-10,16H2,1H3. The van der Waals surface area contributed by atoms with Crippen molar-refractivity contribution in [2.75, 3.05) is 0 Å². The van der Waals surface area contributed by atoms with Crippen molar-refractivity contribution >= 4 is 0 Å². The van der Waals surface area contributed by atoms with E-state index in [1.54, 1.807) is 18.3 Å². The lowest BCUT2D eigenvalue weighted by atomic mass is 10.0. The number of halogens is 1. The molecular weight excluding hydrogens is 243 g/mol. The van der Waals surface area contributed by atoms with Crippen LogP contribution in [0.15, 0.2) is 36.7 Å². The summed E-state index contributed by atoms with van der Waals surface area (Å²) in [7, 11) is 0. The van der Waals surface area contributed by atoms with Gasteiger partial charge in [0.2, 0.25) is 0 Å². The summed E-state index contributed by atoms with van der Waals surface area (Å²) < 4.78 is 15.7. The molecule has 1 aromatic heterocycles. The monoisotopic (exact) mass is 262 g/mol. The Labute approximate surface area is 112 Å². The topological polar surface area (TPSA) is 55.9 Å². The second kappa shape index (κ2) is 6.45. The number of aryl methyl sites for hydroxylation is 1. The number of nitrogens with zero attached hydrogens (tertiary/aromatic N) is 2. The molecule has 0 spiro atoms. The van der Waals surface area contributed by atoms with Crippen molar-refractivity contribution in [2.45, 2.75) is 32.4 Å². The molecule has 5 heteroatoms. The first kappa shape index (κ1) is 13.7. The third-order valence-corrected chi connectivity index (χ3v) is 3.23. The first-order valence-electron chi connectivity index (χ1n) is 6.44. The molecule has 0 fully saturated rings. The molecule has 3 N–H and O–H groups in total. The van der Waals surface area contributed by atoms with E-state index in [0.717, 1.165) is 12.4 Å². The van der Waals surface area contributed by atoms with Crippen LogP contribution in [0.4, 0.5) is 4.39 Å². The summed E-state index contributed by atoms with van der Waals surface area (Å²) in [5.41, 5.74) is 3.41. The Kier molecular flexibility index (Phi) is 4.65. The van der Waals surface area contributed by atoms with Crippen LogP contribution in [0.2, 0.25) is 0 Å². The molecule has 0 saturated carbocycles. The van der Waals surface area contributed by atoms with Crippen LogP contribution in [-0.4, -0.2) is 15.6 Å². The lowest BCUT2D eigenvalue weighted by molar-refractivity contribution is 0.487. The van der Waals surface area contributed by atoms with Gasteiger partial charge in [0, 0.05) is 31.4 Å². The third kappa shape index (κ3) is 3.39. The van der Waals surface area contributed by atoms with Gasteiger partial charge in [0.15, 0.2) is 0 Å². The summed E-state index contributed by atoms with van der Waals surface area (Å²) in [6.45, 7) is 2.93. The quantitative estimate of drug-likeness (QED) is 0.615. The molecule has 0 saturated heterocycles. The highest BCUT2D eigenvalue weighted by Crippen LogP contribution is 2.11. The molecule has 1 unspecified atom stereocenters. The molecule has 4 nitrogen and oxygen atoms in total. The van der Waals surface area contributed by atoms with Gasteiger partial charge < -0.3 is 4.57 Å². The Morgan fingerprint density at radius 2 is 2.16 bits per heavy atom. The minimum absolute atomic E-state index is 0.0374. The fourth-order valence-corrected chi connectivity index (χ4v) is 2.16. The number of nitrogens with two attached hydrogens (primary N) is 1. The van der Waals surface area contributed by atoms with Crippen LogP contribution >= 0.6 is 0 Å². The fraction of sp³-hybridized carbons (Fsp3) is 0.357. The first-order chi connectivity index (χ1) is 9.24. The Balaban J connectivity index is 2.07. The molecule has 0 aliphatic rings. The lowest BCUT2D eigenvalue weighted by Gasteiger charge is -2.16. The Hall–Kier alpha value is -1.72. The number of aromatic nitrogens is 2. The number of nitrogens with one attached hydrogen (secondary N) is 1. The highest BCUT2D eigenvalue weighted by molar-refractivity contribution is 5.18. The summed E-state index contributed by atoms with van der Waals surface area (Å²) in [5, 5.41) is 0. The summed E-state index contributed by atoms with van der Waals surface area (Å²) in [6.07, 6.45) is 4.92. The van der Waals surface area contributed by atoms with Gasteiger partial charge in [-0.15, -0.1) is 0 Å². The smallest absolute Gasteiger partial charge is 0.126 e. The normalized spacial score (nSPS) is 12.6. The van der Waals surface area contributed by atoms with Gasteiger partial charge in [-0.2, -0.15) is 0 Å². The zero-order valence-corrected chi connectivity index (χ0v) is 11.0. The van der Waals surface area contributed by atoms with Gasteiger partial charge in [-0.1, -0.05) is 18.2 Å². The van der Waals surface area contributed by atoms with Crippen molar-refractivity contribution in [3.63, 3.8) is 0 Å². The highest BCUT2D eigenvalue weighted by Gasteiger charge is 2.14. The summed E-state index contributed by atoms with van der Waals surface area (Å²) in [5.74, 6) is 6.34. The molecule has 1 aromatic carbocycles. The molecule has 2 rings (SSSR count). The van der Waals surface area contributed by atoms with Crippen molar-refractivity contribution in [1.82, 2.24) is 15.0 Å². The van der Waals surface area contributed by atoms with Crippen LogP contribution < -0.4 is 11.3 Å². The van der Waals surface area contributed by atoms with E-state index in [4.69, 9.17) is 5.84 Å². The molecule has 0 bridgehead atoms. The average Bonchev–Trinajstić information content (AvgIpc) is 2.87. The SMILES string of the molecule is CCn1ccnc1CC(Cc1ccccc1F)NN. The molecule has 0 aliphatic carbocycles. The van der Waals surface area contributed by atoms with E-state index in [9.17, 15) is 4.39 Å². The number of hydrogen-bond donors (Lipinski definition) is 2. The largest absolute Gasteiger partial charge is 0.335 e. The summed E-state index contributed by atoms with van der Waals surface area (Å²) in [6, 6.07) is 6.73. The molecule has 1 heterocycles. The van der Waals surface area contributed by atoms with Crippen LogP contribution in [0.3, 0.4) is 0 Å². The van der Waals surface area contributed by atoms with E-state index in [1.165, 1.54) is 6.07 Å². The molecule has 19 heavy (non-hydrogen) atoms. The molecular formula is C14H19FN4. The summed E-state index contributed by atoms with van der Waals surface area (Å²) in [4.78, 5) is 4.31. The van der Waals surface area contributed by atoms with Gasteiger partial charge in [-0.05, 0) is 25.0 Å². The zero-order valence-electron chi connectivity index (χ0n) is 11.0. The Morgan fingerprint density at radius 3 is 2.84 bits per heavy atom. The van der Waals surface area contributed by atoms with Gasteiger partial charge in [0.1, 0.15) is 11.6 Å². The maximum absolute atomic E-state index is 13.6. The maximum atomic E-state index is 13.6. The van der Waals surface area contributed by atoms with Crippen molar-refractivity contribution in [3.8, 4) is 0 Å². The van der Waals surface area contributed by atoms with Gasteiger partial charge in [-0.3, -0.25) is 11.3 Å². The van der Waals surface area contributed by atoms with Gasteiger partial charge >= 0.3 is 0 Å². The number of benzene rings is 1. The molecule has 0 amide bonds. The zero-order chi connectivity index (χ0) is 13.7. The minimum Gasteiger partial charge on any atom is -0.335 e. The van der Waals surface area contributed by atoms with Gasteiger partial charge in [0.25, 0.3) is 0 Å². The highest BCUT2D eigenvalue weighted by atomic mass is 19.1. The molecule has 0 aliphatic heterocycles. The van der Waals surface area contributed by atoms with E-state index < -0.39 is 0 Å². The number of hydrazine groups is 1. The average molecular weight is 262 g/mol. The van der Waals surface area contributed by atoms with Crippen molar-refractivity contribution in [2.24, 2.45) is 5.84 Å². The predicted molar refractivity (Wildman–Crippen MR) is 72.8 cm³/mol. The maximum Gasteiger partial charge on any atom is 0.126 e. The van der Waals surface area contributed by atoms with Crippen LogP contribution in [-0.2, 0) is 19.4 Å². The second-order valence-electron chi connectivity index (χ2n) is 4.49. The third-order valence-electron chi connectivity index (χ3n) is 3.23. The Bertz CT molecular complexity index is 524. The van der Waals surface area contributed by atoms with Gasteiger partial charge in [0.05, 0.1) is 0 Å². The van der Waals surface area contributed by atoms with Crippen LogP contribution in [0, 0.1) is 5.82 Å². The summed E-state index contributed by atoms with van der Waals surface area (Å²) >= 11 is 0. The number of imidazole rings is 1. The predicted octanol–water partition coefficient (Wildman–Crippen LogP) is 1.66. The van der Waals surface area contributed by atoms with Crippen molar-refractivity contribution in [3.05, 3.63) is 53.9 Å². The van der Waals surface area contributed by atoms with Crippen molar-refractivity contribution in [1.29, 1.82) is 0 Å². The van der Waals surface area contributed by atoms with E-state index in [2.05, 4.69) is 21.9 Å². The molecule has 0 radical (unpaired) electrons. The number of rotatable bonds is 6. The molecule has 2 aromatic rings. The molecule has 102 valence electrons. The molecule has 1 atom stereocenters. The van der Waals surface area contributed by atoms with E-state index in [-0.39, 0.29) is 11.9 Å². The van der Waals surface area contributed by atoms with E-state index in [1.807, 2.05) is 12.3 Å². The van der Waals surface area contributed by atoms with Crippen LogP contribution in [0.25, 0.3) is 0 Å². The van der Waals surface area contributed by atoms with E-state index >= 15 is 0 Å². The van der Waals surface area contributed by atoms with E-state index in [0.29, 0.717) is 18.4 Å². The second-order valence-corrected chi connectivity index (χ2v) is 4.49. The van der Waals surface area contributed by atoms with Crippen LogP contribution in [0.5, 0.6) is 0 Å². The first-order valence-corrected chi connectivity index (χ1v) is 6.44. The fourth-order valence-electron chi connectivity index (χ4n) is 2.16. The lowest BCUT2D eigenvalue weighted by Crippen LogP contribution is -2.39. The van der Waals surface area contributed by atoms with Gasteiger partial charge in [-0.25, -0.2) is 9.37 Å².